The van der Waals surface area contributed by atoms with Crippen LogP contribution in [0.25, 0.3) is 11.3 Å². The number of aromatic nitrogens is 1. The third-order valence-electron chi connectivity index (χ3n) is 3.59. The van der Waals surface area contributed by atoms with Crippen LogP contribution in [0.5, 0.6) is 0 Å². The molecule has 0 saturated heterocycles. The van der Waals surface area contributed by atoms with Crippen LogP contribution >= 0.6 is 0 Å². The van der Waals surface area contributed by atoms with Crippen LogP contribution in [0.2, 0.25) is 0 Å². The van der Waals surface area contributed by atoms with Crippen molar-refractivity contribution in [2.24, 2.45) is 0 Å². The molecule has 110 valence electrons. The molecular weight excluding hydrogens is 272 g/mol. The average Bonchev–Trinajstić information content (AvgIpc) is 2.92. The fourth-order valence-corrected chi connectivity index (χ4v) is 2.68. The summed E-state index contributed by atoms with van der Waals surface area (Å²) < 4.78 is 11.0. The van der Waals surface area contributed by atoms with Crippen molar-refractivity contribution >= 4 is 6.09 Å². The number of nitrogens with one attached hydrogen (secondary N) is 1. The summed E-state index contributed by atoms with van der Waals surface area (Å²) in [5.74, 6) is 0.721. The third kappa shape index (κ3) is 2.90. The zero-order chi connectivity index (χ0) is 14.7. The summed E-state index contributed by atoms with van der Waals surface area (Å²) in [6, 6.07) is 7.73. The van der Waals surface area contributed by atoms with Crippen molar-refractivity contribution in [3.8, 4) is 11.3 Å². The maximum absolute atomic E-state index is 10.7. The van der Waals surface area contributed by atoms with E-state index in [1.165, 1.54) is 0 Å². The van der Waals surface area contributed by atoms with Gasteiger partial charge in [-0.05, 0) is 24.0 Å². The highest BCUT2D eigenvalue weighted by molar-refractivity contribution is 5.65. The lowest BCUT2D eigenvalue weighted by atomic mass is 9.93. The lowest BCUT2D eigenvalue weighted by Gasteiger charge is -2.19. The molecule has 0 fully saturated rings. The van der Waals surface area contributed by atoms with Crippen molar-refractivity contribution in [1.82, 2.24) is 10.5 Å². The number of ether oxygens (including phenoxy) is 1. The Morgan fingerprint density at radius 2 is 2.33 bits per heavy atom. The van der Waals surface area contributed by atoms with Crippen LogP contribution in [-0.4, -0.2) is 29.5 Å². The van der Waals surface area contributed by atoms with E-state index >= 15 is 0 Å². The first-order valence-electron chi connectivity index (χ1n) is 6.87. The Balaban J connectivity index is 1.97. The van der Waals surface area contributed by atoms with Crippen molar-refractivity contribution in [2.75, 3.05) is 13.2 Å². The number of amides is 1. The molecule has 1 aromatic heterocycles. The molecule has 0 aliphatic carbocycles. The van der Waals surface area contributed by atoms with Crippen molar-refractivity contribution < 1.29 is 19.2 Å². The molecule has 0 saturated carbocycles. The first kappa shape index (κ1) is 13.6. The second-order valence-corrected chi connectivity index (χ2v) is 4.90. The summed E-state index contributed by atoms with van der Waals surface area (Å²) in [6.45, 7) is 0.846. The molecule has 6 nitrogen and oxygen atoms in total. The molecule has 2 heterocycles. The van der Waals surface area contributed by atoms with Gasteiger partial charge in [0.2, 0.25) is 0 Å². The van der Waals surface area contributed by atoms with E-state index in [-0.39, 0.29) is 12.6 Å². The largest absolute Gasteiger partial charge is 0.465 e. The number of hydrogen-bond acceptors (Lipinski definition) is 4. The van der Waals surface area contributed by atoms with Gasteiger partial charge < -0.3 is 19.7 Å². The van der Waals surface area contributed by atoms with Gasteiger partial charge in [-0.15, -0.1) is 0 Å². The lowest BCUT2D eigenvalue weighted by Crippen LogP contribution is -2.28. The first-order chi connectivity index (χ1) is 10.3. The SMILES string of the molecule is O=C(O)NCC1OCCCc2c(-c3ccno3)cccc21. The molecule has 1 aromatic carbocycles. The van der Waals surface area contributed by atoms with Gasteiger partial charge in [0, 0.05) is 18.2 Å². The van der Waals surface area contributed by atoms with Crippen LogP contribution < -0.4 is 5.32 Å². The molecule has 0 bridgehead atoms. The van der Waals surface area contributed by atoms with Crippen molar-refractivity contribution in [2.45, 2.75) is 18.9 Å². The summed E-state index contributed by atoms with van der Waals surface area (Å²) in [5, 5.41) is 14.9. The highest BCUT2D eigenvalue weighted by atomic mass is 16.5. The lowest BCUT2D eigenvalue weighted by molar-refractivity contribution is 0.0564. The molecule has 21 heavy (non-hydrogen) atoms. The van der Waals surface area contributed by atoms with Crippen LogP contribution in [0.3, 0.4) is 0 Å². The van der Waals surface area contributed by atoms with E-state index in [1.807, 2.05) is 24.3 Å². The summed E-state index contributed by atoms with van der Waals surface area (Å²) in [7, 11) is 0. The van der Waals surface area contributed by atoms with Gasteiger partial charge in [0.15, 0.2) is 5.76 Å². The topological polar surface area (TPSA) is 84.6 Å². The molecular formula is C15H16N2O4. The van der Waals surface area contributed by atoms with E-state index in [1.54, 1.807) is 6.20 Å². The zero-order valence-electron chi connectivity index (χ0n) is 11.4. The number of carbonyl (C=O) groups is 1. The van der Waals surface area contributed by atoms with Gasteiger partial charge in [-0.3, -0.25) is 0 Å². The van der Waals surface area contributed by atoms with Crippen LogP contribution in [0.15, 0.2) is 35.0 Å². The van der Waals surface area contributed by atoms with E-state index < -0.39 is 6.09 Å². The number of benzene rings is 1. The van der Waals surface area contributed by atoms with Crippen LogP contribution in [-0.2, 0) is 11.2 Å². The molecule has 2 aromatic rings. The van der Waals surface area contributed by atoms with Gasteiger partial charge in [-0.2, -0.15) is 0 Å². The molecule has 2 N–H and O–H groups in total. The maximum atomic E-state index is 10.7. The van der Waals surface area contributed by atoms with Crippen molar-refractivity contribution in [3.63, 3.8) is 0 Å². The van der Waals surface area contributed by atoms with Crippen LogP contribution in [0.1, 0.15) is 23.7 Å². The van der Waals surface area contributed by atoms with Crippen LogP contribution in [0, 0.1) is 0 Å². The van der Waals surface area contributed by atoms with E-state index in [2.05, 4.69) is 10.5 Å². The minimum atomic E-state index is -1.05. The predicted molar refractivity (Wildman–Crippen MR) is 75.0 cm³/mol. The first-order valence-corrected chi connectivity index (χ1v) is 6.87. The Morgan fingerprint density at radius 1 is 1.43 bits per heavy atom. The van der Waals surface area contributed by atoms with E-state index in [0.29, 0.717) is 6.61 Å². The van der Waals surface area contributed by atoms with E-state index in [4.69, 9.17) is 14.4 Å². The number of hydrogen-bond donors (Lipinski definition) is 2. The summed E-state index contributed by atoms with van der Waals surface area (Å²) >= 11 is 0. The molecule has 1 amide bonds. The molecule has 0 radical (unpaired) electrons. The van der Waals surface area contributed by atoms with Gasteiger partial charge in [0.25, 0.3) is 0 Å². The summed E-state index contributed by atoms with van der Waals surface area (Å²) in [4.78, 5) is 10.7. The molecule has 1 aliphatic rings. The Kier molecular flexibility index (Phi) is 3.87. The Bertz CT molecular complexity index is 625. The standard InChI is InChI=1S/C15H16N2O4/c18-15(19)16-9-14-12-4-1-3-11(13-6-7-17-21-13)10(12)5-2-8-20-14/h1,3-4,6-7,14,16H,2,5,8-9H2,(H,18,19). The van der Waals surface area contributed by atoms with Gasteiger partial charge in [0.1, 0.15) is 6.10 Å². The monoisotopic (exact) mass is 288 g/mol. The minimum absolute atomic E-state index is 0.238. The molecule has 0 spiro atoms. The third-order valence-corrected chi connectivity index (χ3v) is 3.59. The van der Waals surface area contributed by atoms with Gasteiger partial charge >= 0.3 is 6.09 Å². The van der Waals surface area contributed by atoms with E-state index in [0.717, 1.165) is 35.3 Å². The van der Waals surface area contributed by atoms with Crippen LogP contribution in [0.4, 0.5) is 4.79 Å². The normalized spacial score (nSPS) is 17.8. The Labute approximate surface area is 121 Å². The highest BCUT2D eigenvalue weighted by Gasteiger charge is 2.23. The average molecular weight is 288 g/mol. The predicted octanol–water partition coefficient (Wildman–Crippen LogP) is 2.61. The van der Waals surface area contributed by atoms with E-state index in [9.17, 15) is 4.79 Å². The Hall–Kier alpha value is -2.34. The van der Waals surface area contributed by atoms with Crippen molar-refractivity contribution in [1.29, 1.82) is 0 Å². The number of nitrogens with zero attached hydrogens (tertiary/aromatic N) is 1. The summed E-state index contributed by atoms with van der Waals surface area (Å²) in [6.07, 6.45) is 2.06. The summed E-state index contributed by atoms with van der Waals surface area (Å²) in [5.41, 5.74) is 3.15. The Morgan fingerprint density at radius 3 is 3.10 bits per heavy atom. The second-order valence-electron chi connectivity index (χ2n) is 4.90. The smallest absolute Gasteiger partial charge is 0.404 e. The molecule has 3 rings (SSSR count). The van der Waals surface area contributed by atoms with Gasteiger partial charge in [-0.1, -0.05) is 23.4 Å². The second kappa shape index (κ2) is 5.97. The maximum Gasteiger partial charge on any atom is 0.404 e. The fourth-order valence-electron chi connectivity index (χ4n) is 2.68. The molecule has 1 atom stereocenters. The number of rotatable bonds is 3. The highest BCUT2D eigenvalue weighted by Crippen LogP contribution is 2.33. The molecule has 6 heteroatoms. The fraction of sp³-hybridized carbons (Fsp3) is 0.333. The quantitative estimate of drug-likeness (QED) is 0.907. The number of fused-ring (bicyclic) bond motifs is 1. The molecule has 1 aliphatic heterocycles. The number of carboxylic acid groups (broad SMARTS) is 1. The van der Waals surface area contributed by atoms with Crippen molar-refractivity contribution in [3.05, 3.63) is 41.6 Å². The molecule has 1 unspecified atom stereocenters. The van der Waals surface area contributed by atoms with Gasteiger partial charge in [-0.25, -0.2) is 4.79 Å². The van der Waals surface area contributed by atoms with Gasteiger partial charge in [0.05, 0.1) is 12.7 Å². The zero-order valence-corrected chi connectivity index (χ0v) is 11.4. The minimum Gasteiger partial charge on any atom is -0.465 e.